The van der Waals surface area contributed by atoms with Crippen molar-refractivity contribution in [2.24, 2.45) is 0 Å². The Kier molecular flexibility index (Phi) is 4.91. The van der Waals surface area contributed by atoms with Gasteiger partial charge < -0.3 is 10.0 Å². The third kappa shape index (κ3) is 3.62. The van der Waals surface area contributed by atoms with Crippen LogP contribution in [0.25, 0.3) is 0 Å². The number of hydrogen-bond donors (Lipinski definition) is 1. The minimum atomic E-state index is -1.04. The summed E-state index contributed by atoms with van der Waals surface area (Å²) in [5, 5.41) is 16.0. The van der Waals surface area contributed by atoms with Gasteiger partial charge in [0, 0.05) is 6.54 Å². The first-order chi connectivity index (χ1) is 7.67. The van der Waals surface area contributed by atoms with E-state index in [-0.39, 0.29) is 5.69 Å². The molecule has 6 heteroatoms. The Morgan fingerprint density at radius 2 is 2.25 bits per heavy atom. The molecule has 1 rings (SSSR count). The van der Waals surface area contributed by atoms with Crippen LogP contribution in [0.5, 0.6) is 0 Å². The van der Waals surface area contributed by atoms with E-state index >= 15 is 0 Å². The topological polar surface area (TPSA) is 71.2 Å². The predicted molar refractivity (Wildman–Crippen MR) is 59.4 cm³/mol. The summed E-state index contributed by atoms with van der Waals surface area (Å²) in [5.41, 5.74) is -0.00135. The van der Waals surface area contributed by atoms with Crippen LogP contribution in [0, 0.1) is 0 Å². The molecule has 1 aromatic rings. The van der Waals surface area contributed by atoms with E-state index in [1.165, 1.54) is 6.20 Å². The van der Waals surface area contributed by atoms with Crippen molar-refractivity contribution in [3.05, 3.63) is 11.9 Å². The molecule has 0 spiro atoms. The van der Waals surface area contributed by atoms with Gasteiger partial charge in [-0.15, -0.1) is 5.10 Å². The van der Waals surface area contributed by atoms with Crippen LogP contribution in [-0.2, 0) is 6.54 Å². The van der Waals surface area contributed by atoms with E-state index in [9.17, 15) is 4.79 Å². The van der Waals surface area contributed by atoms with Crippen molar-refractivity contribution in [1.82, 2.24) is 19.9 Å². The average Bonchev–Trinajstić information content (AvgIpc) is 2.73. The molecule has 0 saturated carbocycles. The van der Waals surface area contributed by atoms with E-state index in [4.69, 9.17) is 5.11 Å². The minimum absolute atomic E-state index is 0.00135. The molecular formula is C10H18N4O2. The number of aromatic carboxylic acids is 1. The first kappa shape index (κ1) is 12.6. The second kappa shape index (κ2) is 6.22. The van der Waals surface area contributed by atoms with Gasteiger partial charge >= 0.3 is 5.97 Å². The van der Waals surface area contributed by atoms with E-state index in [2.05, 4.69) is 29.1 Å². The maximum atomic E-state index is 10.6. The van der Waals surface area contributed by atoms with Gasteiger partial charge in [0.1, 0.15) is 0 Å². The Labute approximate surface area is 94.9 Å². The van der Waals surface area contributed by atoms with E-state index in [0.717, 1.165) is 26.1 Å². The van der Waals surface area contributed by atoms with Crippen molar-refractivity contribution < 1.29 is 9.90 Å². The van der Waals surface area contributed by atoms with Crippen LogP contribution in [0.2, 0.25) is 0 Å². The zero-order valence-corrected chi connectivity index (χ0v) is 9.76. The Morgan fingerprint density at radius 1 is 1.50 bits per heavy atom. The smallest absolute Gasteiger partial charge is 0.358 e. The highest BCUT2D eigenvalue weighted by atomic mass is 16.4. The summed E-state index contributed by atoms with van der Waals surface area (Å²) in [4.78, 5) is 12.9. The zero-order chi connectivity index (χ0) is 12.0. The van der Waals surface area contributed by atoms with Crippen molar-refractivity contribution in [3.63, 3.8) is 0 Å². The second-order valence-electron chi connectivity index (χ2n) is 3.61. The van der Waals surface area contributed by atoms with Crippen molar-refractivity contribution in [1.29, 1.82) is 0 Å². The number of nitrogens with zero attached hydrogens (tertiary/aromatic N) is 4. The summed E-state index contributed by atoms with van der Waals surface area (Å²) in [6.07, 6.45) is 2.58. The van der Waals surface area contributed by atoms with Gasteiger partial charge in [-0.1, -0.05) is 19.1 Å². The molecule has 1 N–H and O–H groups in total. The highest BCUT2D eigenvalue weighted by Crippen LogP contribution is 1.95. The van der Waals surface area contributed by atoms with Gasteiger partial charge in [-0.05, 0) is 19.5 Å². The maximum Gasteiger partial charge on any atom is 0.358 e. The van der Waals surface area contributed by atoms with Gasteiger partial charge in [0.05, 0.1) is 12.7 Å². The Morgan fingerprint density at radius 3 is 2.75 bits per heavy atom. The molecule has 0 aliphatic rings. The Balaban J connectivity index is 2.44. The fourth-order valence-electron chi connectivity index (χ4n) is 1.49. The molecule has 90 valence electrons. The molecule has 1 heterocycles. The van der Waals surface area contributed by atoms with Gasteiger partial charge in [-0.3, -0.25) is 4.68 Å². The second-order valence-corrected chi connectivity index (χ2v) is 3.61. The molecule has 0 saturated heterocycles. The lowest BCUT2D eigenvalue weighted by atomic mass is 10.4. The van der Waals surface area contributed by atoms with Crippen LogP contribution in [0.3, 0.4) is 0 Å². The van der Waals surface area contributed by atoms with Crippen LogP contribution in [-0.4, -0.2) is 50.6 Å². The van der Waals surface area contributed by atoms with Gasteiger partial charge in [0.2, 0.25) is 0 Å². The zero-order valence-electron chi connectivity index (χ0n) is 9.76. The maximum absolute atomic E-state index is 10.6. The van der Waals surface area contributed by atoms with E-state index in [1.54, 1.807) is 4.68 Å². The molecule has 0 unspecified atom stereocenters. The van der Waals surface area contributed by atoms with Crippen molar-refractivity contribution in [2.75, 3.05) is 19.6 Å². The molecule has 0 aromatic carbocycles. The Hall–Kier alpha value is -1.43. The first-order valence-electron chi connectivity index (χ1n) is 5.53. The molecule has 6 nitrogen and oxygen atoms in total. The third-order valence-corrected chi connectivity index (χ3v) is 2.39. The fraction of sp³-hybridized carbons (Fsp3) is 0.700. The van der Waals surface area contributed by atoms with Crippen LogP contribution in [0.1, 0.15) is 30.8 Å². The van der Waals surface area contributed by atoms with Crippen molar-refractivity contribution >= 4 is 5.97 Å². The number of likely N-dealkylation sites (N-methyl/N-ethyl adjacent to an activating group) is 1. The molecule has 16 heavy (non-hydrogen) atoms. The molecule has 0 bridgehead atoms. The van der Waals surface area contributed by atoms with Gasteiger partial charge in [-0.25, -0.2) is 4.79 Å². The summed E-state index contributed by atoms with van der Waals surface area (Å²) in [6, 6.07) is 0. The molecule has 0 radical (unpaired) electrons. The normalized spacial score (nSPS) is 10.9. The van der Waals surface area contributed by atoms with Crippen molar-refractivity contribution in [3.8, 4) is 0 Å². The fourth-order valence-corrected chi connectivity index (χ4v) is 1.49. The lowest BCUT2D eigenvalue weighted by Crippen LogP contribution is -2.28. The molecule has 0 amide bonds. The van der Waals surface area contributed by atoms with Crippen molar-refractivity contribution in [2.45, 2.75) is 26.8 Å². The first-order valence-corrected chi connectivity index (χ1v) is 5.53. The van der Waals surface area contributed by atoms with E-state index < -0.39 is 5.97 Å². The number of carboxylic acids is 1. The highest BCUT2D eigenvalue weighted by Gasteiger charge is 2.08. The Bertz CT molecular complexity index is 337. The lowest BCUT2D eigenvalue weighted by molar-refractivity contribution is 0.0690. The predicted octanol–water partition coefficient (Wildman–Crippen LogP) is 0.708. The minimum Gasteiger partial charge on any atom is -0.476 e. The van der Waals surface area contributed by atoms with Gasteiger partial charge in [0.15, 0.2) is 5.69 Å². The SMILES string of the molecule is CCCN(CC)CCn1cc(C(=O)O)nn1. The molecule has 0 aliphatic carbocycles. The van der Waals surface area contributed by atoms with Crippen LogP contribution in [0.4, 0.5) is 0 Å². The number of carboxylic acid groups (broad SMARTS) is 1. The van der Waals surface area contributed by atoms with Crippen LogP contribution < -0.4 is 0 Å². The molecule has 0 fully saturated rings. The summed E-state index contributed by atoms with van der Waals surface area (Å²) < 4.78 is 1.57. The largest absolute Gasteiger partial charge is 0.476 e. The number of aromatic nitrogens is 3. The van der Waals surface area contributed by atoms with Crippen LogP contribution in [0.15, 0.2) is 6.20 Å². The summed E-state index contributed by atoms with van der Waals surface area (Å²) in [7, 11) is 0. The highest BCUT2D eigenvalue weighted by molar-refractivity contribution is 5.84. The molecule has 0 atom stereocenters. The average molecular weight is 226 g/mol. The number of hydrogen-bond acceptors (Lipinski definition) is 4. The van der Waals surface area contributed by atoms with Gasteiger partial charge in [0.25, 0.3) is 0 Å². The quantitative estimate of drug-likeness (QED) is 0.741. The number of carbonyl (C=O) groups is 1. The van der Waals surface area contributed by atoms with Crippen LogP contribution >= 0.6 is 0 Å². The summed E-state index contributed by atoms with van der Waals surface area (Å²) >= 11 is 0. The van der Waals surface area contributed by atoms with E-state index in [1.807, 2.05) is 0 Å². The number of rotatable bonds is 7. The van der Waals surface area contributed by atoms with Gasteiger partial charge in [-0.2, -0.15) is 0 Å². The lowest BCUT2D eigenvalue weighted by Gasteiger charge is -2.18. The monoisotopic (exact) mass is 226 g/mol. The summed E-state index contributed by atoms with van der Waals surface area (Å²) in [6.45, 7) is 7.84. The van der Waals surface area contributed by atoms with E-state index in [0.29, 0.717) is 6.54 Å². The molecule has 1 aromatic heterocycles. The molecular weight excluding hydrogens is 208 g/mol. The third-order valence-electron chi connectivity index (χ3n) is 2.39. The molecule has 0 aliphatic heterocycles. The standard InChI is InChI=1S/C10H18N4O2/c1-3-5-13(4-2)6-7-14-8-9(10(15)16)11-12-14/h8H,3-7H2,1-2H3,(H,15,16). The summed E-state index contributed by atoms with van der Waals surface area (Å²) in [5.74, 6) is -1.04.